The molecule has 0 aliphatic carbocycles. The molecule has 5 N–H and O–H groups in total. The van der Waals surface area contributed by atoms with Crippen LogP contribution in [0.3, 0.4) is 0 Å². The number of benzene rings is 2. The molecule has 2 aromatic carbocycles. The lowest BCUT2D eigenvalue weighted by Gasteiger charge is -2.09. The maximum atomic E-state index is 9.65. The number of nitrogens with two attached hydrogens (primary N) is 2. The predicted molar refractivity (Wildman–Crippen MR) is 83.5 cm³/mol. The third-order valence-electron chi connectivity index (χ3n) is 3.59. The summed E-state index contributed by atoms with van der Waals surface area (Å²) >= 11 is 0. The summed E-state index contributed by atoms with van der Waals surface area (Å²) in [6.07, 6.45) is 0. The van der Waals surface area contributed by atoms with Crippen molar-refractivity contribution in [2.24, 2.45) is 0 Å². The fourth-order valence-electron chi connectivity index (χ4n) is 2.65. The molecule has 20 heavy (non-hydrogen) atoms. The summed E-state index contributed by atoms with van der Waals surface area (Å²) in [5.41, 5.74) is 16.4. The first-order valence-electron chi connectivity index (χ1n) is 6.58. The molecule has 0 amide bonds. The second kappa shape index (κ2) is 4.49. The van der Waals surface area contributed by atoms with E-state index in [1.807, 2.05) is 30.3 Å². The van der Waals surface area contributed by atoms with Gasteiger partial charge in [0.25, 0.3) is 0 Å². The Hall–Kier alpha value is -2.62. The molecule has 0 fully saturated rings. The van der Waals surface area contributed by atoms with Crippen LogP contribution in [0.5, 0.6) is 5.75 Å². The number of fused-ring (bicyclic) bond motifs is 1. The zero-order chi connectivity index (χ0) is 14.3. The largest absolute Gasteiger partial charge is 0.508 e. The Balaban J connectivity index is 2.34. The van der Waals surface area contributed by atoms with E-state index in [4.69, 9.17) is 11.5 Å². The molecule has 3 aromatic rings. The Morgan fingerprint density at radius 3 is 2.40 bits per heavy atom. The Kier molecular flexibility index (Phi) is 2.79. The highest BCUT2D eigenvalue weighted by Gasteiger charge is 2.15. The quantitative estimate of drug-likeness (QED) is 0.624. The molecule has 0 bridgehead atoms. The van der Waals surface area contributed by atoms with Gasteiger partial charge in [0.15, 0.2) is 0 Å². The molecule has 102 valence electrons. The van der Waals surface area contributed by atoms with E-state index >= 15 is 0 Å². The first kappa shape index (κ1) is 12.4. The van der Waals surface area contributed by atoms with Gasteiger partial charge < -0.3 is 21.1 Å². The van der Waals surface area contributed by atoms with Gasteiger partial charge in [0.05, 0.1) is 16.9 Å². The first-order valence-corrected chi connectivity index (χ1v) is 6.58. The Morgan fingerprint density at radius 1 is 1.05 bits per heavy atom. The van der Waals surface area contributed by atoms with Crippen LogP contribution in [0, 0.1) is 0 Å². The van der Waals surface area contributed by atoms with Gasteiger partial charge in [-0.3, -0.25) is 0 Å². The van der Waals surface area contributed by atoms with E-state index in [1.165, 1.54) is 0 Å². The van der Waals surface area contributed by atoms with Gasteiger partial charge in [-0.05, 0) is 37.3 Å². The summed E-state index contributed by atoms with van der Waals surface area (Å²) in [6.45, 7) is 2.88. The van der Waals surface area contributed by atoms with Crippen LogP contribution in [0.1, 0.15) is 6.92 Å². The summed E-state index contributed by atoms with van der Waals surface area (Å²) in [5, 5.41) is 10.5. The SMILES string of the molecule is CCn1c(-c2ccc(N)cc2)c(N)c2cc(O)ccc21. The highest BCUT2D eigenvalue weighted by atomic mass is 16.3. The number of aromatic nitrogens is 1. The highest BCUT2D eigenvalue weighted by Crippen LogP contribution is 2.37. The van der Waals surface area contributed by atoms with Gasteiger partial charge >= 0.3 is 0 Å². The monoisotopic (exact) mass is 267 g/mol. The molecule has 0 spiro atoms. The van der Waals surface area contributed by atoms with E-state index in [0.29, 0.717) is 5.69 Å². The van der Waals surface area contributed by atoms with E-state index in [9.17, 15) is 5.11 Å². The second-order valence-electron chi connectivity index (χ2n) is 4.83. The molecule has 0 radical (unpaired) electrons. The number of hydrogen-bond acceptors (Lipinski definition) is 3. The Bertz CT molecular complexity index is 773. The van der Waals surface area contributed by atoms with Crippen molar-refractivity contribution in [3.63, 3.8) is 0 Å². The molecule has 3 rings (SSSR count). The number of aryl methyl sites for hydroxylation is 1. The molecular formula is C16H17N3O. The molecule has 0 aliphatic heterocycles. The summed E-state index contributed by atoms with van der Waals surface area (Å²) in [5.74, 6) is 0.223. The molecule has 0 aliphatic rings. The molecule has 4 nitrogen and oxygen atoms in total. The number of aromatic hydroxyl groups is 1. The van der Waals surface area contributed by atoms with Crippen molar-refractivity contribution in [1.82, 2.24) is 4.57 Å². The molecule has 1 aromatic heterocycles. The molecule has 0 saturated heterocycles. The summed E-state index contributed by atoms with van der Waals surface area (Å²) in [4.78, 5) is 0. The summed E-state index contributed by atoms with van der Waals surface area (Å²) in [7, 11) is 0. The van der Waals surface area contributed by atoms with Gasteiger partial charge in [-0.2, -0.15) is 0 Å². The van der Waals surface area contributed by atoms with Crippen LogP contribution in [0.15, 0.2) is 42.5 Å². The van der Waals surface area contributed by atoms with E-state index in [-0.39, 0.29) is 5.75 Å². The van der Waals surface area contributed by atoms with Gasteiger partial charge in [0.1, 0.15) is 5.75 Å². The first-order chi connectivity index (χ1) is 9.61. The van der Waals surface area contributed by atoms with Crippen molar-refractivity contribution in [2.45, 2.75) is 13.5 Å². The lowest BCUT2D eigenvalue weighted by Crippen LogP contribution is -1.98. The van der Waals surface area contributed by atoms with E-state index in [1.54, 1.807) is 12.1 Å². The van der Waals surface area contributed by atoms with E-state index < -0.39 is 0 Å². The lowest BCUT2D eigenvalue weighted by molar-refractivity contribution is 0.476. The average Bonchev–Trinajstić information content (AvgIpc) is 2.72. The van der Waals surface area contributed by atoms with Gasteiger partial charge in [0.2, 0.25) is 0 Å². The van der Waals surface area contributed by atoms with Gasteiger partial charge in [-0.1, -0.05) is 12.1 Å². The molecule has 1 heterocycles. The molecule has 0 unspecified atom stereocenters. The standard InChI is InChI=1S/C16H17N3O/c1-2-19-14-8-7-12(20)9-13(14)15(18)16(19)10-3-5-11(17)6-4-10/h3-9,20H,2,17-18H2,1H3. The highest BCUT2D eigenvalue weighted by molar-refractivity contribution is 6.01. The third-order valence-corrected chi connectivity index (χ3v) is 3.59. The van der Waals surface area contributed by atoms with Crippen molar-refractivity contribution >= 4 is 22.3 Å². The minimum absolute atomic E-state index is 0.223. The van der Waals surface area contributed by atoms with Crippen molar-refractivity contribution in [1.29, 1.82) is 0 Å². The maximum Gasteiger partial charge on any atom is 0.116 e. The number of anilines is 2. The van der Waals surface area contributed by atoms with Gasteiger partial charge in [0, 0.05) is 23.2 Å². The van der Waals surface area contributed by atoms with Crippen molar-refractivity contribution in [2.75, 3.05) is 11.5 Å². The van der Waals surface area contributed by atoms with Crippen LogP contribution in [0.2, 0.25) is 0 Å². The second-order valence-corrected chi connectivity index (χ2v) is 4.83. The summed E-state index contributed by atoms with van der Waals surface area (Å²) < 4.78 is 2.15. The lowest BCUT2D eigenvalue weighted by atomic mass is 10.1. The summed E-state index contributed by atoms with van der Waals surface area (Å²) in [6, 6.07) is 12.9. The average molecular weight is 267 g/mol. The van der Waals surface area contributed by atoms with E-state index in [2.05, 4.69) is 11.5 Å². The smallest absolute Gasteiger partial charge is 0.116 e. The molecule has 4 heteroatoms. The van der Waals surface area contributed by atoms with Crippen LogP contribution < -0.4 is 11.5 Å². The fraction of sp³-hybridized carbons (Fsp3) is 0.125. The molecular weight excluding hydrogens is 250 g/mol. The molecule has 0 saturated carbocycles. The topological polar surface area (TPSA) is 77.2 Å². The number of nitrogen functional groups attached to an aromatic ring is 2. The Morgan fingerprint density at radius 2 is 1.75 bits per heavy atom. The number of rotatable bonds is 2. The van der Waals surface area contributed by atoms with Crippen LogP contribution in [-0.2, 0) is 6.54 Å². The normalized spacial score (nSPS) is 11.1. The Labute approximate surface area is 117 Å². The minimum Gasteiger partial charge on any atom is -0.508 e. The van der Waals surface area contributed by atoms with Crippen molar-refractivity contribution in [3.05, 3.63) is 42.5 Å². The number of phenols is 1. The number of nitrogens with zero attached hydrogens (tertiary/aromatic N) is 1. The molecule has 0 atom stereocenters. The van der Waals surface area contributed by atoms with Crippen LogP contribution >= 0.6 is 0 Å². The van der Waals surface area contributed by atoms with Crippen LogP contribution in [0.4, 0.5) is 11.4 Å². The zero-order valence-electron chi connectivity index (χ0n) is 11.3. The minimum atomic E-state index is 0.223. The fourth-order valence-corrected chi connectivity index (χ4v) is 2.65. The van der Waals surface area contributed by atoms with Gasteiger partial charge in [-0.25, -0.2) is 0 Å². The van der Waals surface area contributed by atoms with E-state index in [0.717, 1.165) is 34.4 Å². The van der Waals surface area contributed by atoms with Gasteiger partial charge in [-0.15, -0.1) is 0 Å². The number of hydrogen-bond donors (Lipinski definition) is 3. The zero-order valence-corrected chi connectivity index (χ0v) is 11.3. The third kappa shape index (κ3) is 1.77. The van der Waals surface area contributed by atoms with Crippen LogP contribution in [0.25, 0.3) is 22.2 Å². The van der Waals surface area contributed by atoms with Crippen molar-refractivity contribution in [3.8, 4) is 17.0 Å². The van der Waals surface area contributed by atoms with Crippen LogP contribution in [-0.4, -0.2) is 9.67 Å². The maximum absolute atomic E-state index is 9.65. The predicted octanol–water partition coefficient (Wildman–Crippen LogP) is 3.20. The van der Waals surface area contributed by atoms with Crippen molar-refractivity contribution < 1.29 is 5.11 Å². The number of phenolic OH excluding ortho intramolecular Hbond substituents is 1.